The number of para-hydroxylation sites is 2. The van der Waals surface area contributed by atoms with Crippen molar-refractivity contribution in [3.05, 3.63) is 90.0 Å². The molecule has 7 nitrogen and oxygen atoms in total. The molecular formula is C28H32N4O3. The van der Waals surface area contributed by atoms with Crippen LogP contribution in [0.5, 0.6) is 5.75 Å². The molecule has 1 aliphatic rings. The van der Waals surface area contributed by atoms with Crippen molar-refractivity contribution in [2.75, 3.05) is 43.9 Å². The minimum absolute atomic E-state index is 0.0484. The molecule has 0 aliphatic carbocycles. The summed E-state index contributed by atoms with van der Waals surface area (Å²) in [5.74, 6) is 0.307. The summed E-state index contributed by atoms with van der Waals surface area (Å²) >= 11 is 0. The number of methoxy groups -OCH3 is 1. The number of piperazine rings is 1. The number of benzene rings is 3. The Morgan fingerprint density at radius 3 is 2.20 bits per heavy atom. The van der Waals surface area contributed by atoms with E-state index in [0.717, 1.165) is 32.7 Å². The summed E-state index contributed by atoms with van der Waals surface area (Å²) in [6, 6.07) is 24.4. The van der Waals surface area contributed by atoms with E-state index in [2.05, 4.69) is 44.7 Å². The van der Waals surface area contributed by atoms with Gasteiger partial charge in [-0.05, 0) is 48.9 Å². The number of nitrogens with one attached hydrogen (secondary N) is 2. The average Bonchev–Trinajstić information content (AvgIpc) is 2.90. The van der Waals surface area contributed by atoms with Gasteiger partial charge in [-0.1, -0.05) is 42.5 Å². The first kappa shape index (κ1) is 24.4. The van der Waals surface area contributed by atoms with Crippen LogP contribution in [0.2, 0.25) is 0 Å². The number of rotatable bonds is 8. The van der Waals surface area contributed by atoms with Crippen molar-refractivity contribution < 1.29 is 14.3 Å². The lowest BCUT2D eigenvalue weighted by molar-refractivity contribution is -0.121. The third-order valence-corrected chi connectivity index (χ3v) is 6.35. The van der Waals surface area contributed by atoms with Crippen LogP contribution in [0.15, 0.2) is 78.9 Å². The molecule has 1 atom stereocenters. The molecule has 1 fully saturated rings. The predicted octanol–water partition coefficient (Wildman–Crippen LogP) is 4.09. The second-order valence-corrected chi connectivity index (χ2v) is 8.69. The number of ether oxygens (including phenoxy) is 1. The van der Waals surface area contributed by atoms with Gasteiger partial charge in [-0.15, -0.1) is 0 Å². The first-order valence-corrected chi connectivity index (χ1v) is 11.9. The Bertz CT molecular complexity index is 1130. The van der Waals surface area contributed by atoms with Gasteiger partial charge in [-0.25, -0.2) is 0 Å². The van der Waals surface area contributed by atoms with Crippen LogP contribution in [-0.2, 0) is 11.3 Å². The van der Waals surface area contributed by atoms with Gasteiger partial charge in [-0.3, -0.25) is 19.4 Å². The summed E-state index contributed by atoms with van der Waals surface area (Å²) in [5, 5.41) is 5.83. The number of hydrogen-bond donors (Lipinski definition) is 2. The highest BCUT2D eigenvalue weighted by Gasteiger charge is 2.25. The maximum absolute atomic E-state index is 12.9. The van der Waals surface area contributed by atoms with Gasteiger partial charge < -0.3 is 15.4 Å². The third kappa shape index (κ3) is 6.47. The smallest absolute Gasteiger partial charge is 0.255 e. The largest absolute Gasteiger partial charge is 0.495 e. The second kappa shape index (κ2) is 11.6. The minimum Gasteiger partial charge on any atom is -0.495 e. The summed E-state index contributed by atoms with van der Waals surface area (Å²) in [7, 11) is 1.56. The number of amides is 2. The van der Waals surface area contributed by atoms with E-state index in [9.17, 15) is 9.59 Å². The van der Waals surface area contributed by atoms with Crippen molar-refractivity contribution in [3.63, 3.8) is 0 Å². The maximum atomic E-state index is 12.9. The molecule has 4 rings (SSSR count). The van der Waals surface area contributed by atoms with Gasteiger partial charge in [0.15, 0.2) is 0 Å². The van der Waals surface area contributed by atoms with Crippen LogP contribution in [0.25, 0.3) is 0 Å². The lowest BCUT2D eigenvalue weighted by atomic mass is 10.1. The molecule has 1 unspecified atom stereocenters. The van der Waals surface area contributed by atoms with Crippen LogP contribution in [0.1, 0.15) is 22.8 Å². The van der Waals surface area contributed by atoms with E-state index < -0.39 is 0 Å². The molecule has 0 spiro atoms. The van der Waals surface area contributed by atoms with Gasteiger partial charge in [0.25, 0.3) is 5.91 Å². The van der Waals surface area contributed by atoms with Crippen molar-refractivity contribution in [3.8, 4) is 5.75 Å². The summed E-state index contributed by atoms with van der Waals surface area (Å²) in [5.41, 5.74) is 3.08. The average molecular weight is 473 g/mol. The summed E-state index contributed by atoms with van der Waals surface area (Å²) in [6.07, 6.45) is 0. The van der Waals surface area contributed by atoms with Gasteiger partial charge in [-0.2, -0.15) is 0 Å². The first-order valence-electron chi connectivity index (χ1n) is 11.9. The molecule has 35 heavy (non-hydrogen) atoms. The Morgan fingerprint density at radius 2 is 1.51 bits per heavy atom. The summed E-state index contributed by atoms with van der Waals surface area (Å²) in [6.45, 7) is 6.45. The van der Waals surface area contributed by atoms with Gasteiger partial charge in [0, 0.05) is 44.0 Å². The molecule has 0 aromatic heterocycles. The minimum atomic E-state index is -0.242. The number of anilines is 2. The van der Waals surface area contributed by atoms with Crippen molar-refractivity contribution >= 4 is 23.2 Å². The van der Waals surface area contributed by atoms with E-state index in [1.54, 1.807) is 43.5 Å². The number of carbonyl (C=O) groups is 2. The number of carbonyl (C=O) groups excluding carboxylic acids is 2. The van der Waals surface area contributed by atoms with Crippen LogP contribution in [0.3, 0.4) is 0 Å². The molecule has 182 valence electrons. The van der Waals surface area contributed by atoms with E-state index in [0.29, 0.717) is 22.7 Å². The van der Waals surface area contributed by atoms with E-state index in [4.69, 9.17) is 4.74 Å². The van der Waals surface area contributed by atoms with Crippen molar-refractivity contribution in [2.24, 2.45) is 0 Å². The normalized spacial score (nSPS) is 15.3. The summed E-state index contributed by atoms with van der Waals surface area (Å²) in [4.78, 5) is 30.1. The first-order chi connectivity index (χ1) is 17.0. The molecule has 7 heteroatoms. The van der Waals surface area contributed by atoms with Crippen molar-refractivity contribution in [2.45, 2.75) is 19.5 Å². The second-order valence-electron chi connectivity index (χ2n) is 8.69. The third-order valence-electron chi connectivity index (χ3n) is 6.35. The fraction of sp³-hybridized carbons (Fsp3) is 0.286. The SMILES string of the molecule is COc1ccccc1NC(=O)c1ccc(NC(=O)C(C)N2CCN(Cc3ccccc3)CC2)cc1. The van der Waals surface area contributed by atoms with E-state index >= 15 is 0 Å². The van der Waals surface area contributed by atoms with Gasteiger partial charge >= 0.3 is 0 Å². The zero-order chi connectivity index (χ0) is 24.6. The molecule has 3 aromatic carbocycles. The quantitative estimate of drug-likeness (QED) is 0.517. The van der Waals surface area contributed by atoms with Crippen molar-refractivity contribution in [1.82, 2.24) is 9.80 Å². The molecule has 3 aromatic rings. The molecule has 2 amide bonds. The molecular weight excluding hydrogens is 440 g/mol. The zero-order valence-electron chi connectivity index (χ0n) is 20.2. The van der Waals surface area contributed by atoms with Crippen LogP contribution in [0, 0.1) is 0 Å². The Hall–Kier alpha value is -3.68. The molecule has 2 N–H and O–H groups in total. The molecule has 1 saturated heterocycles. The van der Waals surface area contributed by atoms with Crippen LogP contribution < -0.4 is 15.4 Å². The molecule has 0 saturated carbocycles. The molecule has 0 radical (unpaired) electrons. The Labute approximate surface area is 206 Å². The Balaban J connectivity index is 1.27. The lowest BCUT2D eigenvalue weighted by Crippen LogP contribution is -2.52. The van der Waals surface area contributed by atoms with Gasteiger partial charge in [0.05, 0.1) is 18.8 Å². The monoisotopic (exact) mass is 472 g/mol. The molecule has 1 heterocycles. The van der Waals surface area contributed by atoms with Crippen molar-refractivity contribution in [1.29, 1.82) is 0 Å². The number of hydrogen-bond acceptors (Lipinski definition) is 5. The topological polar surface area (TPSA) is 73.9 Å². The fourth-order valence-electron chi connectivity index (χ4n) is 4.21. The Morgan fingerprint density at radius 1 is 0.857 bits per heavy atom. The predicted molar refractivity (Wildman–Crippen MR) is 139 cm³/mol. The zero-order valence-corrected chi connectivity index (χ0v) is 20.2. The van der Waals surface area contributed by atoms with E-state index in [1.165, 1.54) is 5.56 Å². The number of nitrogens with zero attached hydrogens (tertiary/aromatic N) is 2. The standard InChI is InChI=1S/C28H32N4O3/c1-21(32-18-16-31(17-19-32)20-22-8-4-3-5-9-22)27(33)29-24-14-12-23(13-15-24)28(34)30-25-10-6-7-11-26(25)35-2/h3-15,21H,16-20H2,1-2H3,(H,29,33)(H,30,34). The molecule has 0 bridgehead atoms. The highest BCUT2D eigenvalue weighted by atomic mass is 16.5. The van der Waals surface area contributed by atoms with Crippen LogP contribution in [0.4, 0.5) is 11.4 Å². The Kier molecular flexibility index (Phi) is 8.13. The van der Waals surface area contributed by atoms with Gasteiger partial charge in [0.1, 0.15) is 5.75 Å². The van der Waals surface area contributed by atoms with Crippen LogP contribution >= 0.6 is 0 Å². The fourth-order valence-corrected chi connectivity index (χ4v) is 4.21. The lowest BCUT2D eigenvalue weighted by Gasteiger charge is -2.37. The summed E-state index contributed by atoms with van der Waals surface area (Å²) < 4.78 is 5.28. The highest BCUT2D eigenvalue weighted by Crippen LogP contribution is 2.24. The molecule has 1 aliphatic heterocycles. The van der Waals surface area contributed by atoms with E-state index in [-0.39, 0.29) is 17.9 Å². The van der Waals surface area contributed by atoms with E-state index in [1.807, 2.05) is 25.1 Å². The van der Waals surface area contributed by atoms with Crippen LogP contribution in [-0.4, -0.2) is 60.9 Å². The maximum Gasteiger partial charge on any atom is 0.255 e. The highest BCUT2D eigenvalue weighted by molar-refractivity contribution is 6.05. The van der Waals surface area contributed by atoms with Gasteiger partial charge in [0.2, 0.25) is 5.91 Å².